The molecule has 1 aromatic heterocycles. The van der Waals surface area contributed by atoms with Crippen molar-refractivity contribution in [2.24, 2.45) is 0 Å². The van der Waals surface area contributed by atoms with Crippen LogP contribution in [0.15, 0.2) is 110 Å². The smallest absolute Gasteiger partial charge is 0.116 e. The average molecular weight is 370 g/mol. The van der Waals surface area contributed by atoms with Gasteiger partial charge in [0, 0.05) is 17.1 Å². The highest BCUT2D eigenvalue weighted by Crippen LogP contribution is 2.57. The Morgan fingerprint density at radius 2 is 1.24 bits per heavy atom. The van der Waals surface area contributed by atoms with Gasteiger partial charge in [0.2, 0.25) is 0 Å². The lowest BCUT2D eigenvalue weighted by atomic mass is 9.67. The Balaban J connectivity index is 1.85. The Bertz CT molecular complexity index is 1300. The zero-order valence-electron chi connectivity index (χ0n) is 15.8. The number of benzene rings is 4. The van der Waals surface area contributed by atoms with Crippen LogP contribution in [0, 0.1) is 0 Å². The molecule has 1 aliphatic rings. The zero-order valence-corrected chi connectivity index (χ0v) is 15.8. The van der Waals surface area contributed by atoms with Crippen molar-refractivity contribution in [3.8, 4) is 11.1 Å². The standard InChI is InChI=1S/C27H18N2/c1-3-9-20(10-4-1)27(21-11-5-2-6-12-21)23-14-8-7-13-22(23)25-24(27)16-15-19-17-28-18-29-26(19)25/h1-18H. The van der Waals surface area contributed by atoms with Crippen LogP contribution in [0.25, 0.3) is 22.0 Å². The van der Waals surface area contributed by atoms with Gasteiger partial charge >= 0.3 is 0 Å². The molecule has 2 nitrogen and oxygen atoms in total. The lowest BCUT2D eigenvalue weighted by molar-refractivity contribution is 0.769. The van der Waals surface area contributed by atoms with E-state index in [1.165, 1.54) is 33.4 Å². The highest BCUT2D eigenvalue weighted by Gasteiger charge is 2.46. The monoisotopic (exact) mass is 370 g/mol. The molecule has 0 saturated carbocycles. The fourth-order valence-electron chi connectivity index (χ4n) is 4.98. The first kappa shape index (κ1) is 16.2. The lowest BCUT2D eigenvalue weighted by Gasteiger charge is -2.33. The van der Waals surface area contributed by atoms with Crippen molar-refractivity contribution in [1.82, 2.24) is 9.97 Å². The highest BCUT2D eigenvalue weighted by atomic mass is 14.8. The Morgan fingerprint density at radius 1 is 0.586 bits per heavy atom. The summed E-state index contributed by atoms with van der Waals surface area (Å²) in [5.41, 5.74) is 8.23. The molecule has 1 aliphatic carbocycles. The topological polar surface area (TPSA) is 25.8 Å². The number of rotatable bonds is 2. The van der Waals surface area contributed by atoms with Crippen molar-refractivity contribution in [3.05, 3.63) is 132 Å². The molecule has 1 heterocycles. The number of fused-ring (bicyclic) bond motifs is 5. The van der Waals surface area contributed by atoms with Crippen LogP contribution in [0.1, 0.15) is 22.3 Å². The third kappa shape index (κ3) is 2.11. The molecule has 0 spiro atoms. The van der Waals surface area contributed by atoms with Crippen LogP contribution in [0.2, 0.25) is 0 Å². The van der Waals surface area contributed by atoms with Gasteiger partial charge in [-0.25, -0.2) is 9.97 Å². The second-order valence-electron chi connectivity index (χ2n) is 7.48. The minimum atomic E-state index is -0.367. The largest absolute Gasteiger partial charge is 0.244 e. The van der Waals surface area contributed by atoms with E-state index < -0.39 is 0 Å². The van der Waals surface area contributed by atoms with Gasteiger partial charge < -0.3 is 0 Å². The van der Waals surface area contributed by atoms with Gasteiger partial charge in [-0.3, -0.25) is 0 Å². The Hall–Kier alpha value is -3.78. The minimum absolute atomic E-state index is 0.367. The highest BCUT2D eigenvalue weighted by molar-refractivity contribution is 6.01. The number of aromatic nitrogens is 2. The van der Waals surface area contributed by atoms with Gasteiger partial charge in [0.25, 0.3) is 0 Å². The van der Waals surface area contributed by atoms with Crippen molar-refractivity contribution < 1.29 is 0 Å². The van der Waals surface area contributed by atoms with E-state index in [4.69, 9.17) is 4.98 Å². The first-order valence-corrected chi connectivity index (χ1v) is 9.85. The molecule has 0 bridgehead atoms. The van der Waals surface area contributed by atoms with E-state index in [0.29, 0.717) is 0 Å². The van der Waals surface area contributed by atoms with E-state index >= 15 is 0 Å². The van der Waals surface area contributed by atoms with Gasteiger partial charge in [-0.05, 0) is 27.8 Å². The van der Waals surface area contributed by atoms with Crippen LogP contribution in [0.3, 0.4) is 0 Å². The van der Waals surface area contributed by atoms with Crippen molar-refractivity contribution in [3.63, 3.8) is 0 Å². The molecule has 0 fully saturated rings. The molecule has 5 aromatic rings. The van der Waals surface area contributed by atoms with E-state index in [-0.39, 0.29) is 5.41 Å². The van der Waals surface area contributed by atoms with E-state index in [9.17, 15) is 0 Å². The van der Waals surface area contributed by atoms with Gasteiger partial charge in [0.15, 0.2) is 0 Å². The molecular formula is C27H18N2. The van der Waals surface area contributed by atoms with E-state index in [2.05, 4.69) is 102 Å². The Morgan fingerprint density at radius 3 is 1.97 bits per heavy atom. The maximum Gasteiger partial charge on any atom is 0.116 e. The minimum Gasteiger partial charge on any atom is -0.244 e. The van der Waals surface area contributed by atoms with Crippen molar-refractivity contribution in [2.45, 2.75) is 5.41 Å². The molecule has 0 N–H and O–H groups in total. The van der Waals surface area contributed by atoms with Crippen LogP contribution in [0.5, 0.6) is 0 Å². The second-order valence-corrected chi connectivity index (χ2v) is 7.48. The Kier molecular flexibility index (Phi) is 3.41. The zero-order chi connectivity index (χ0) is 19.3. The number of hydrogen-bond acceptors (Lipinski definition) is 2. The fourth-order valence-corrected chi connectivity index (χ4v) is 4.98. The maximum atomic E-state index is 4.69. The predicted molar refractivity (Wildman–Crippen MR) is 117 cm³/mol. The summed E-state index contributed by atoms with van der Waals surface area (Å²) < 4.78 is 0. The number of hydrogen-bond donors (Lipinski definition) is 0. The van der Waals surface area contributed by atoms with Crippen molar-refractivity contribution in [1.29, 1.82) is 0 Å². The van der Waals surface area contributed by atoms with Crippen LogP contribution in [-0.2, 0) is 5.41 Å². The summed E-state index contributed by atoms with van der Waals surface area (Å²) in [6.07, 6.45) is 3.55. The molecule has 6 rings (SSSR count). The van der Waals surface area contributed by atoms with Crippen LogP contribution in [0.4, 0.5) is 0 Å². The second kappa shape index (κ2) is 6.11. The maximum absolute atomic E-state index is 4.69. The molecular weight excluding hydrogens is 352 g/mol. The van der Waals surface area contributed by atoms with E-state index in [0.717, 1.165) is 10.9 Å². The third-order valence-corrected chi connectivity index (χ3v) is 6.09. The number of nitrogens with zero attached hydrogens (tertiary/aromatic N) is 2. The molecule has 0 saturated heterocycles. The van der Waals surface area contributed by atoms with Gasteiger partial charge in [-0.1, -0.05) is 97.1 Å². The van der Waals surface area contributed by atoms with Crippen molar-refractivity contribution >= 4 is 10.9 Å². The van der Waals surface area contributed by atoms with Gasteiger partial charge in [-0.2, -0.15) is 0 Å². The first-order valence-electron chi connectivity index (χ1n) is 9.85. The molecule has 2 heteroatoms. The van der Waals surface area contributed by atoms with Crippen LogP contribution >= 0.6 is 0 Å². The Labute approximate surface area is 169 Å². The quantitative estimate of drug-likeness (QED) is 0.374. The summed E-state index contributed by atoms with van der Waals surface area (Å²) in [6.45, 7) is 0. The average Bonchev–Trinajstić information content (AvgIpc) is 3.12. The summed E-state index contributed by atoms with van der Waals surface area (Å²) in [6, 6.07) is 34.8. The van der Waals surface area contributed by atoms with E-state index in [1.807, 2.05) is 6.20 Å². The van der Waals surface area contributed by atoms with Gasteiger partial charge in [0.05, 0.1) is 10.9 Å². The summed E-state index contributed by atoms with van der Waals surface area (Å²) in [5, 5.41) is 1.07. The van der Waals surface area contributed by atoms with Crippen LogP contribution in [-0.4, -0.2) is 9.97 Å². The molecule has 0 aliphatic heterocycles. The van der Waals surface area contributed by atoms with Gasteiger partial charge in [0.1, 0.15) is 6.33 Å². The summed E-state index contributed by atoms with van der Waals surface area (Å²) >= 11 is 0. The molecule has 29 heavy (non-hydrogen) atoms. The molecule has 0 radical (unpaired) electrons. The molecule has 0 unspecified atom stereocenters. The first-order chi connectivity index (χ1) is 14.4. The summed E-state index contributed by atoms with van der Waals surface area (Å²) in [5.74, 6) is 0. The summed E-state index contributed by atoms with van der Waals surface area (Å²) in [7, 11) is 0. The SMILES string of the molecule is c1ccc(C2(c3ccccc3)c3ccccc3-c3c2ccc2cncnc32)cc1. The molecule has 4 aromatic carbocycles. The molecule has 136 valence electrons. The van der Waals surface area contributed by atoms with Crippen LogP contribution < -0.4 is 0 Å². The fraction of sp³-hybridized carbons (Fsp3) is 0.0370. The molecule has 0 atom stereocenters. The predicted octanol–water partition coefficient (Wildman–Crippen LogP) is 5.99. The normalized spacial score (nSPS) is 13.8. The van der Waals surface area contributed by atoms with E-state index in [1.54, 1.807) is 6.33 Å². The van der Waals surface area contributed by atoms with Crippen molar-refractivity contribution in [2.75, 3.05) is 0 Å². The summed E-state index contributed by atoms with van der Waals surface area (Å²) in [4.78, 5) is 8.93. The molecule has 0 amide bonds. The van der Waals surface area contributed by atoms with Gasteiger partial charge in [-0.15, -0.1) is 0 Å². The lowest BCUT2D eigenvalue weighted by Crippen LogP contribution is -2.28. The third-order valence-electron chi connectivity index (χ3n) is 6.09.